The van der Waals surface area contributed by atoms with E-state index in [4.69, 9.17) is 4.74 Å². The number of rotatable bonds is 6. The lowest BCUT2D eigenvalue weighted by atomic mass is 9.98. The van der Waals surface area contributed by atoms with Gasteiger partial charge >= 0.3 is 0 Å². The van der Waals surface area contributed by atoms with Crippen LogP contribution in [0.4, 0.5) is 0 Å². The molecule has 1 saturated heterocycles. The highest BCUT2D eigenvalue weighted by Crippen LogP contribution is 2.19. The number of benzene rings is 1. The van der Waals surface area contributed by atoms with Crippen molar-refractivity contribution in [2.45, 2.75) is 46.0 Å². The summed E-state index contributed by atoms with van der Waals surface area (Å²) in [5, 5.41) is 0. The summed E-state index contributed by atoms with van der Waals surface area (Å²) in [6, 6.07) is 7.59. The van der Waals surface area contributed by atoms with Crippen LogP contribution in [-0.4, -0.2) is 30.5 Å². The number of amides is 1. The van der Waals surface area contributed by atoms with Gasteiger partial charge in [-0.05, 0) is 49.4 Å². The summed E-state index contributed by atoms with van der Waals surface area (Å²) in [4.78, 5) is 14.4. The zero-order chi connectivity index (χ0) is 15.1. The first-order valence-corrected chi connectivity index (χ1v) is 8.23. The number of unbranched alkanes of at least 4 members (excludes halogenated alkanes) is 2. The summed E-state index contributed by atoms with van der Waals surface area (Å²) in [6.07, 6.45) is 5.72. The zero-order valence-corrected chi connectivity index (χ0v) is 13.3. The van der Waals surface area contributed by atoms with E-state index < -0.39 is 0 Å². The van der Waals surface area contributed by atoms with Gasteiger partial charge in [0.2, 0.25) is 0 Å². The van der Waals surface area contributed by atoms with Gasteiger partial charge in [0.1, 0.15) is 5.75 Å². The third-order valence-electron chi connectivity index (χ3n) is 4.19. The molecule has 1 aromatic carbocycles. The van der Waals surface area contributed by atoms with Crippen LogP contribution in [0.2, 0.25) is 0 Å². The van der Waals surface area contributed by atoms with Gasteiger partial charge in [0.25, 0.3) is 5.91 Å². The predicted octanol–water partition coefficient (Wildman–Crippen LogP) is 4.13. The van der Waals surface area contributed by atoms with Crippen LogP contribution in [0.3, 0.4) is 0 Å². The van der Waals surface area contributed by atoms with Gasteiger partial charge < -0.3 is 9.64 Å². The van der Waals surface area contributed by atoms with Gasteiger partial charge in [-0.25, -0.2) is 0 Å². The van der Waals surface area contributed by atoms with E-state index in [-0.39, 0.29) is 5.91 Å². The highest BCUT2D eigenvalue weighted by atomic mass is 16.5. The summed E-state index contributed by atoms with van der Waals surface area (Å²) in [5.74, 6) is 1.75. The Morgan fingerprint density at radius 3 is 2.48 bits per heavy atom. The van der Waals surface area contributed by atoms with Crippen molar-refractivity contribution in [1.82, 2.24) is 4.90 Å². The van der Waals surface area contributed by atoms with Crippen molar-refractivity contribution in [3.05, 3.63) is 29.8 Å². The number of nitrogens with zero attached hydrogens (tertiary/aromatic N) is 1. The molecule has 0 spiro atoms. The van der Waals surface area contributed by atoms with Crippen molar-refractivity contribution in [1.29, 1.82) is 0 Å². The first-order valence-electron chi connectivity index (χ1n) is 8.23. The first kappa shape index (κ1) is 15.9. The number of carbonyl (C=O) groups excluding carboxylic acids is 1. The molecule has 0 aliphatic carbocycles. The molecule has 0 saturated carbocycles. The predicted molar refractivity (Wildman–Crippen MR) is 85.8 cm³/mol. The van der Waals surface area contributed by atoms with Crippen molar-refractivity contribution in [2.24, 2.45) is 5.92 Å². The average Bonchev–Trinajstić information content (AvgIpc) is 2.52. The minimum Gasteiger partial charge on any atom is -0.494 e. The Morgan fingerprint density at radius 1 is 1.19 bits per heavy atom. The van der Waals surface area contributed by atoms with Crippen LogP contribution >= 0.6 is 0 Å². The minimum absolute atomic E-state index is 0.152. The molecule has 0 atom stereocenters. The van der Waals surface area contributed by atoms with Gasteiger partial charge in [0.15, 0.2) is 0 Å². The second-order valence-electron chi connectivity index (χ2n) is 6.05. The summed E-state index contributed by atoms with van der Waals surface area (Å²) < 4.78 is 5.68. The van der Waals surface area contributed by atoms with E-state index in [1.54, 1.807) is 0 Å². The molecule has 0 aromatic heterocycles. The fourth-order valence-corrected chi connectivity index (χ4v) is 2.63. The van der Waals surface area contributed by atoms with Crippen LogP contribution in [0.25, 0.3) is 0 Å². The fourth-order valence-electron chi connectivity index (χ4n) is 2.63. The summed E-state index contributed by atoms with van der Waals surface area (Å²) in [5.41, 5.74) is 0.769. The SMILES string of the molecule is CCCCCOc1ccc(C(=O)N2CCC(C)CC2)cc1. The van der Waals surface area contributed by atoms with E-state index >= 15 is 0 Å². The van der Waals surface area contributed by atoms with Crippen LogP contribution < -0.4 is 4.74 Å². The van der Waals surface area contributed by atoms with Crippen molar-refractivity contribution < 1.29 is 9.53 Å². The summed E-state index contributed by atoms with van der Waals surface area (Å²) >= 11 is 0. The maximum Gasteiger partial charge on any atom is 0.253 e. The van der Waals surface area contributed by atoms with E-state index in [1.165, 1.54) is 12.8 Å². The normalized spacial score (nSPS) is 16.0. The Hall–Kier alpha value is -1.51. The minimum atomic E-state index is 0.152. The lowest BCUT2D eigenvalue weighted by Gasteiger charge is -2.30. The highest BCUT2D eigenvalue weighted by molar-refractivity contribution is 5.94. The van der Waals surface area contributed by atoms with Crippen LogP contribution in [0.5, 0.6) is 5.75 Å². The number of hydrogen-bond acceptors (Lipinski definition) is 2. The quantitative estimate of drug-likeness (QED) is 0.737. The van der Waals surface area contributed by atoms with Gasteiger partial charge in [0, 0.05) is 18.7 Å². The topological polar surface area (TPSA) is 29.5 Å². The number of piperidine rings is 1. The second kappa shape index (κ2) is 8.06. The lowest BCUT2D eigenvalue weighted by molar-refractivity contribution is 0.0697. The molecule has 0 N–H and O–H groups in total. The third kappa shape index (κ3) is 4.76. The molecule has 3 nitrogen and oxygen atoms in total. The molecular weight excluding hydrogens is 262 g/mol. The Morgan fingerprint density at radius 2 is 1.86 bits per heavy atom. The van der Waals surface area contributed by atoms with Crippen molar-refractivity contribution in [2.75, 3.05) is 19.7 Å². The molecule has 2 rings (SSSR count). The molecule has 1 fully saturated rings. The molecular formula is C18H27NO2. The number of likely N-dealkylation sites (tertiary alicyclic amines) is 1. The molecule has 0 radical (unpaired) electrons. The molecule has 1 heterocycles. The molecule has 1 aliphatic heterocycles. The van der Waals surface area contributed by atoms with Crippen LogP contribution in [0.15, 0.2) is 24.3 Å². The van der Waals surface area contributed by atoms with Crippen molar-refractivity contribution in [3.63, 3.8) is 0 Å². The van der Waals surface area contributed by atoms with Crippen LogP contribution in [-0.2, 0) is 0 Å². The van der Waals surface area contributed by atoms with Crippen molar-refractivity contribution >= 4 is 5.91 Å². The number of ether oxygens (including phenoxy) is 1. The molecule has 1 aromatic rings. The van der Waals surface area contributed by atoms with Crippen LogP contribution in [0, 0.1) is 5.92 Å². The molecule has 3 heteroatoms. The number of hydrogen-bond donors (Lipinski definition) is 0. The van der Waals surface area contributed by atoms with E-state index in [2.05, 4.69) is 13.8 Å². The molecule has 21 heavy (non-hydrogen) atoms. The molecule has 1 aliphatic rings. The van der Waals surface area contributed by atoms with Gasteiger partial charge in [-0.2, -0.15) is 0 Å². The summed E-state index contributed by atoms with van der Waals surface area (Å²) in [7, 11) is 0. The Labute approximate surface area is 128 Å². The fraction of sp³-hybridized carbons (Fsp3) is 0.611. The van der Waals surface area contributed by atoms with E-state index in [9.17, 15) is 4.79 Å². The maximum absolute atomic E-state index is 12.4. The Balaban J connectivity index is 1.85. The Bertz CT molecular complexity index is 433. The molecule has 0 unspecified atom stereocenters. The van der Waals surface area contributed by atoms with Gasteiger partial charge in [-0.3, -0.25) is 4.79 Å². The lowest BCUT2D eigenvalue weighted by Crippen LogP contribution is -2.37. The first-order chi connectivity index (χ1) is 10.2. The maximum atomic E-state index is 12.4. The average molecular weight is 289 g/mol. The number of carbonyl (C=O) groups is 1. The molecule has 1 amide bonds. The van der Waals surface area contributed by atoms with E-state index in [1.807, 2.05) is 29.2 Å². The van der Waals surface area contributed by atoms with E-state index in [0.29, 0.717) is 0 Å². The van der Waals surface area contributed by atoms with Gasteiger partial charge in [-0.1, -0.05) is 26.7 Å². The Kier molecular flexibility index (Phi) is 6.09. The zero-order valence-electron chi connectivity index (χ0n) is 13.3. The largest absolute Gasteiger partial charge is 0.494 e. The second-order valence-corrected chi connectivity index (χ2v) is 6.05. The molecule has 116 valence electrons. The third-order valence-corrected chi connectivity index (χ3v) is 4.19. The highest BCUT2D eigenvalue weighted by Gasteiger charge is 2.21. The smallest absolute Gasteiger partial charge is 0.253 e. The van der Waals surface area contributed by atoms with Crippen LogP contribution in [0.1, 0.15) is 56.3 Å². The van der Waals surface area contributed by atoms with Crippen molar-refractivity contribution in [3.8, 4) is 5.75 Å². The van der Waals surface area contributed by atoms with Gasteiger partial charge in [-0.15, -0.1) is 0 Å². The summed E-state index contributed by atoms with van der Waals surface area (Å²) in [6.45, 7) is 6.96. The standard InChI is InChI=1S/C18H27NO2/c1-3-4-5-14-21-17-8-6-16(7-9-17)18(20)19-12-10-15(2)11-13-19/h6-9,15H,3-5,10-14H2,1-2H3. The van der Waals surface area contributed by atoms with E-state index in [0.717, 1.165) is 56.2 Å². The van der Waals surface area contributed by atoms with Gasteiger partial charge in [0.05, 0.1) is 6.61 Å². The molecule has 0 bridgehead atoms. The monoisotopic (exact) mass is 289 g/mol.